The number of carbonyl (C=O) groups excluding carboxylic acids is 2. The molecular formula is C28H22F4N6O4S. The zero-order chi connectivity index (χ0) is 30.7. The number of anilines is 2. The van der Waals surface area contributed by atoms with Crippen molar-refractivity contribution in [3.05, 3.63) is 78.4 Å². The van der Waals surface area contributed by atoms with E-state index in [9.17, 15) is 27.2 Å². The molecule has 10 nitrogen and oxygen atoms in total. The van der Waals surface area contributed by atoms with Crippen LogP contribution in [0.2, 0.25) is 0 Å². The van der Waals surface area contributed by atoms with E-state index in [1.165, 1.54) is 40.2 Å². The average Bonchev–Trinajstić information content (AvgIpc) is 3.58. The van der Waals surface area contributed by atoms with E-state index in [2.05, 4.69) is 25.1 Å². The molecule has 0 atom stereocenters. The molecule has 15 heteroatoms. The van der Waals surface area contributed by atoms with Crippen molar-refractivity contribution >= 4 is 40.2 Å². The molecule has 1 aliphatic rings. The molecule has 1 saturated heterocycles. The largest absolute Gasteiger partial charge is 0.573 e. The number of nitrogens with zero attached hydrogens (tertiary/aromatic N) is 5. The molecule has 2 heterocycles. The minimum absolute atomic E-state index is 0.0693. The van der Waals surface area contributed by atoms with Gasteiger partial charge in [0.25, 0.3) is 0 Å². The maximum absolute atomic E-state index is 15.0. The first-order chi connectivity index (χ1) is 20.5. The summed E-state index contributed by atoms with van der Waals surface area (Å²) >= 11 is 1.07. The van der Waals surface area contributed by atoms with Gasteiger partial charge in [0.1, 0.15) is 23.6 Å². The number of ether oxygens (including phenoxy) is 2. The third kappa shape index (κ3) is 6.94. The summed E-state index contributed by atoms with van der Waals surface area (Å²) in [6.07, 6.45) is -3.50. The number of amidine groups is 1. The van der Waals surface area contributed by atoms with Gasteiger partial charge in [-0.2, -0.15) is 4.99 Å². The fourth-order valence-electron chi connectivity index (χ4n) is 4.07. The number of thioether (sulfide) groups is 1. The van der Waals surface area contributed by atoms with Crippen LogP contribution in [0.1, 0.15) is 12.5 Å². The minimum Gasteiger partial charge on any atom is -0.492 e. The Kier molecular flexibility index (Phi) is 8.34. The molecular weight excluding hydrogens is 592 g/mol. The molecule has 0 radical (unpaired) electrons. The number of halogens is 4. The summed E-state index contributed by atoms with van der Waals surface area (Å²) in [5.74, 6) is -0.802. The Hall–Kier alpha value is -4.92. The smallest absolute Gasteiger partial charge is 0.492 e. The molecule has 0 unspecified atom stereocenters. The van der Waals surface area contributed by atoms with Crippen LogP contribution in [-0.4, -0.2) is 50.6 Å². The van der Waals surface area contributed by atoms with Crippen molar-refractivity contribution in [2.45, 2.75) is 20.2 Å². The molecule has 3 amide bonds. The van der Waals surface area contributed by atoms with Gasteiger partial charge in [0.2, 0.25) is 5.91 Å². The molecule has 1 N–H and O–H groups in total. The predicted molar refractivity (Wildman–Crippen MR) is 152 cm³/mol. The summed E-state index contributed by atoms with van der Waals surface area (Å²) in [6, 6.07) is 13.3. The normalized spacial score (nSPS) is 14.3. The SMILES string of the molecule is CCOc1ccc(C)cc1N1C(=O)CSC1=NC(=O)Nc1ccc(-c2ncn(-c3ccc(OC(F)(F)F)cc3)n2)cc1F. The fourth-order valence-corrected chi connectivity index (χ4v) is 4.93. The third-order valence-electron chi connectivity index (χ3n) is 5.91. The van der Waals surface area contributed by atoms with Crippen LogP contribution in [0, 0.1) is 12.7 Å². The summed E-state index contributed by atoms with van der Waals surface area (Å²) in [7, 11) is 0. The predicted octanol–water partition coefficient (Wildman–Crippen LogP) is 6.35. The van der Waals surface area contributed by atoms with E-state index in [4.69, 9.17) is 4.74 Å². The summed E-state index contributed by atoms with van der Waals surface area (Å²) in [4.78, 5) is 34.9. The number of aromatic nitrogens is 3. The Balaban J connectivity index is 1.30. The lowest BCUT2D eigenvalue weighted by atomic mass is 10.2. The number of urea groups is 1. The van der Waals surface area contributed by atoms with E-state index < -0.39 is 24.0 Å². The van der Waals surface area contributed by atoms with Crippen LogP contribution in [-0.2, 0) is 4.79 Å². The lowest BCUT2D eigenvalue weighted by Crippen LogP contribution is -2.30. The average molecular weight is 615 g/mol. The maximum Gasteiger partial charge on any atom is 0.573 e. The standard InChI is InChI=1S/C28H22F4N6O4S/c1-3-41-23-11-4-16(2)12-22(23)38-24(39)14-43-27(38)35-26(40)34-21-10-5-17(13-20(21)29)25-33-15-37(36-25)18-6-8-19(9-7-18)42-28(30,31)32/h4-13,15H,3,14H2,1-2H3,(H,34,40). The molecule has 0 bridgehead atoms. The van der Waals surface area contributed by atoms with Crippen molar-refractivity contribution in [3.8, 4) is 28.6 Å². The fraction of sp³-hybridized carbons (Fsp3) is 0.179. The van der Waals surface area contributed by atoms with Gasteiger partial charge in [-0.15, -0.1) is 18.3 Å². The highest BCUT2D eigenvalue weighted by Gasteiger charge is 2.33. The Morgan fingerprint density at radius 1 is 1.12 bits per heavy atom. The van der Waals surface area contributed by atoms with Crippen LogP contribution in [0.5, 0.6) is 11.5 Å². The number of benzene rings is 3. The Labute approximate surface area is 246 Å². The summed E-state index contributed by atoms with van der Waals surface area (Å²) in [5, 5.41) is 6.75. The van der Waals surface area contributed by atoms with Gasteiger partial charge in [0, 0.05) is 5.56 Å². The molecule has 3 aromatic carbocycles. The van der Waals surface area contributed by atoms with Gasteiger partial charge >= 0.3 is 12.4 Å². The number of alkyl halides is 3. The van der Waals surface area contributed by atoms with Crippen molar-refractivity contribution in [3.63, 3.8) is 0 Å². The molecule has 0 spiro atoms. The zero-order valence-electron chi connectivity index (χ0n) is 22.6. The van der Waals surface area contributed by atoms with Crippen LogP contribution in [0.3, 0.4) is 0 Å². The topological polar surface area (TPSA) is 111 Å². The maximum atomic E-state index is 15.0. The molecule has 43 heavy (non-hydrogen) atoms. The first-order valence-electron chi connectivity index (χ1n) is 12.7. The number of hydrogen-bond acceptors (Lipinski definition) is 7. The van der Waals surface area contributed by atoms with Gasteiger partial charge in [-0.3, -0.25) is 9.69 Å². The van der Waals surface area contributed by atoms with E-state index in [-0.39, 0.29) is 33.9 Å². The highest BCUT2D eigenvalue weighted by Crippen LogP contribution is 2.35. The molecule has 1 aromatic heterocycles. The van der Waals surface area contributed by atoms with Crippen molar-refractivity contribution < 1.29 is 36.6 Å². The lowest BCUT2D eigenvalue weighted by Gasteiger charge is -2.20. The van der Waals surface area contributed by atoms with Crippen LogP contribution >= 0.6 is 11.8 Å². The second-order valence-electron chi connectivity index (χ2n) is 9.00. The summed E-state index contributed by atoms with van der Waals surface area (Å²) in [5.41, 5.74) is 1.85. The van der Waals surface area contributed by atoms with Gasteiger partial charge < -0.3 is 14.8 Å². The Morgan fingerprint density at radius 2 is 1.88 bits per heavy atom. The first kappa shape index (κ1) is 29.6. The van der Waals surface area contributed by atoms with Crippen molar-refractivity contribution in [1.82, 2.24) is 14.8 Å². The van der Waals surface area contributed by atoms with Crippen molar-refractivity contribution in [1.29, 1.82) is 0 Å². The minimum atomic E-state index is -4.81. The number of aryl methyl sites for hydroxylation is 1. The number of amides is 3. The number of rotatable bonds is 7. The number of nitrogens with one attached hydrogen (secondary N) is 1. The van der Waals surface area contributed by atoms with Gasteiger partial charge in [-0.05, 0) is 74.0 Å². The van der Waals surface area contributed by atoms with Gasteiger partial charge in [-0.1, -0.05) is 17.8 Å². The van der Waals surface area contributed by atoms with Gasteiger partial charge in [-0.25, -0.2) is 18.9 Å². The van der Waals surface area contributed by atoms with E-state index in [0.717, 1.165) is 35.5 Å². The second-order valence-corrected chi connectivity index (χ2v) is 9.94. The number of carbonyl (C=O) groups is 2. The highest BCUT2D eigenvalue weighted by molar-refractivity contribution is 8.15. The molecule has 5 rings (SSSR count). The monoisotopic (exact) mass is 614 g/mol. The zero-order valence-corrected chi connectivity index (χ0v) is 23.4. The molecule has 222 valence electrons. The van der Waals surface area contributed by atoms with E-state index in [0.29, 0.717) is 23.7 Å². The third-order valence-corrected chi connectivity index (χ3v) is 6.84. The van der Waals surface area contributed by atoms with E-state index >= 15 is 0 Å². The number of hydrogen-bond donors (Lipinski definition) is 1. The number of aliphatic imine (C=N–C) groups is 1. The van der Waals surface area contributed by atoms with Crippen LogP contribution in [0.4, 0.5) is 33.7 Å². The highest BCUT2D eigenvalue weighted by atomic mass is 32.2. The summed E-state index contributed by atoms with van der Waals surface area (Å²) in [6.45, 7) is 4.04. The van der Waals surface area contributed by atoms with Crippen molar-refractivity contribution in [2.24, 2.45) is 4.99 Å². The Bertz CT molecular complexity index is 1710. The van der Waals surface area contributed by atoms with E-state index in [1.54, 1.807) is 12.1 Å². The molecule has 0 aliphatic carbocycles. The first-order valence-corrected chi connectivity index (χ1v) is 13.7. The molecule has 1 aliphatic heterocycles. The summed E-state index contributed by atoms with van der Waals surface area (Å²) < 4.78 is 63.0. The van der Waals surface area contributed by atoms with Crippen molar-refractivity contribution in [2.75, 3.05) is 22.6 Å². The van der Waals surface area contributed by atoms with E-state index in [1.807, 2.05) is 19.9 Å². The quantitative estimate of drug-likeness (QED) is 0.242. The molecule has 1 fully saturated rings. The lowest BCUT2D eigenvalue weighted by molar-refractivity contribution is -0.274. The van der Waals surface area contributed by atoms with Gasteiger partial charge in [0.15, 0.2) is 11.0 Å². The Morgan fingerprint density at radius 3 is 2.58 bits per heavy atom. The van der Waals surface area contributed by atoms with Crippen LogP contribution < -0.4 is 19.7 Å². The second kappa shape index (κ2) is 12.1. The molecule has 4 aromatic rings. The van der Waals surface area contributed by atoms with Crippen LogP contribution in [0.25, 0.3) is 17.1 Å². The molecule has 0 saturated carbocycles. The van der Waals surface area contributed by atoms with Gasteiger partial charge in [0.05, 0.1) is 29.4 Å². The van der Waals surface area contributed by atoms with Crippen LogP contribution in [0.15, 0.2) is 72.0 Å².